The molecule has 0 saturated heterocycles. The third-order valence-corrected chi connectivity index (χ3v) is 1.90. The van der Waals surface area contributed by atoms with Crippen LogP contribution in [0.3, 0.4) is 0 Å². The molecule has 0 aliphatic rings. The molecule has 1 rings (SSSR count). The van der Waals surface area contributed by atoms with Gasteiger partial charge in [0.2, 0.25) is 40.6 Å². The number of hydrogen-bond donors (Lipinski definition) is 0. The van der Waals surface area contributed by atoms with Gasteiger partial charge < -0.3 is 9.47 Å². The molecule has 0 aliphatic carbocycles. The lowest BCUT2D eigenvalue weighted by atomic mass is 10.2. The van der Waals surface area contributed by atoms with Gasteiger partial charge in [0.15, 0.2) is 0 Å². The molecule has 0 saturated carbocycles. The Hall–Kier alpha value is -2.12. The zero-order chi connectivity index (χ0) is 14.7. The maximum Gasteiger partial charge on any atom is 0.373 e. The molecular formula is C11H7F5O3. The van der Waals surface area contributed by atoms with Gasteiger partial charge in [-0.1, -0.05) is 0 Å². The first kappa shape index (κ1) is 14.9. The molecule has 1 aromatic rings. The van der Waals surface area contributed by atoms with Crippen molar-refractivity contribution in [2.75, 3.05) is 6.61 Å². The van der Waals surface area contributed by atoms with Crippen LogP contribution in [0.25, 0.3) is 0 Å². The quantitative estimate of drug-likeness (QED) is 0.213. The summed E-state index contributed by atoms with van der Waals surface area (Å²) in [6.45, 7) is 4.31. The second kappa shape index (κ2) is 5.68. The normalized spacial score (nSPS) is 10.2. The standard InChI is InChI=1S/C11H7F5O3/c1-3-18-11(17)4(2)19-10-8(15)6(13)5(12)7(14)9(10)16/h2-3H2,1H3. The summed E-state index contributed by atoms with van der Waals surface area (Å²) in [5.74, 6) is -14.8. The van der Waals surface area contributed by atoms with Crippen molar-refractivity contribution in [2.24, 2.45) is 0 Å². The van der Waals surface area contributed by atoms with E-state index in [0.717, 1.165) is 0 Å². The highest BCUT2D eigenvalue weighted by Gasteiger charge is 2.28. The minimum atomic E-state index is -2.33. The van der Waals surface area contributed by atoms with E-state index in [-0.39, 0.29) is 6.61 Å². The van der Waals surface area contributed by atoms with Crippen molar-refractivity contribution in [2.45, 2.75) is 6.92 Å². The summed E-state index contributed by atoms with van der Waals surface area (Å²) in [5.41, 5.74) is 0. The summed E-state index contributed by atoms with van der Waals surface area (Å²) in [6, 6.07) is 0. The molecule has 0 aromatic heterocycles. The lowest BCUT2D eigenvalue weighted by Crippen LogP contribution is -2.14. The van der Waals surface area contributed by atoms with Crippen molar-refractivity contribution in [3.05, 3.63) is 41.4 Å². The van der Waals surface area contributed by atoms with Crippen LogP contribution >= 0.6 is 0 Å². The zero-order valence-electron chi connectivity index (χ0n) is 9.53. The number of rotatable bonds is 4. The molecule has 0 unspecified atom stereocenters. The number of halogens is 5. The van der Waals surface area contributed by atoms with Crippen molar-refractivity contribution in [1.82, 2.24) is 0 Å². The lowest BCUT2D eigenvalue weighted by Gasteiger charge is -2.10. The number of esters is 1. The molecule has 19 heavy (non-hydrogen) atoms. The van der Waals surface area contributed by atoms with E-state index in [9.17, 15) is 26.7 Å². The molecule has 0 N–H and O–H groups in total. The first-order chi connectivity index (χ1) is 8.81. The first-order valence-electron chi connectivity index (χ1n) is 4.86. The zero-order valence-corrected chi connectivity index (χ0v) is 9.53. The van der Waals surface area contributed by atoms with Gasteiger partial charge in [0.05, 0.1) is 6.61 Å². The minimum absolute atomic E-state index is 0.0850. The average molecular weight is 282 g/mol. The lowest BCUT2D eigenvalue weighted by molar-refractivity contribution is -0.141. The van der Waals surface area contributed by atoms with Gasteiger partial charge in [0.25, 0.3) is 0 Å². The molecule has 0 radical (unpaired) electrons. The van der Waals surface area contributed by atoms with Crippen molar-refractivity contribution < 1.29 is 36.2 Å². The monoisotopic (exact) mass is 282 g/mol. The van der Waals surface area contributed by atoms with Gasteiger partial charge in [0.1, 0.15) is 0 Å². The third kappa shape index (κ3) is 2.83. The Morgan fingerprint density at radius 3 is 1.84 bits per heavy atom. The Bertz CT molecular complexity index is 513. The second-order valence-electron chi connectivity index (χ2n) is 3.14. The van der Waals surface area contributed by atoms with Gasteiger partial charge in [-0.25, -0.2) is 18.0 Å². The molecule has 1 aromatic carbocycles. The molecule has 0 fully saturated rings. The largest absolute Gasteiger partial charge is 0.460 e. The van der Waals surface area contributed by atoms with E-state index in [1.165, 1.54) is 6.92 Å². The first-order valence-corrected chi connectivity index (χ1v) is 4.86. The summed E-state index contributed by atoms with van der Waals surface area (Å²) in [7, 11) is 0. The van der Waals surface area contributed by atoms with Crippen LogP contribution in [0.2, 0.25) is 0 Å². The van der Waals surface area contributed by atoms with Crippen LogP contribution in [-0.4, -0.2) is 12.6 Å². The fourth-order valence-corrected chi connectivity index (χ4v) is 1.05. The van der Waals surface area contributed by atoms with Crippen LogP contribution in [0.1, 0.15) is 6.92 Å². The van der Waals surface area contributed by atoms with Crippen LogP contribution in [-0.2, 0) is 9.53 Å². The number of carbonyl (C=O) groups is 1. The highest BCUT2D eigenvalue weighted by Crippen LogP contribution is 2.30. The molecule has 104 valence electrons. The second-order valence-corrected chi connectivity index (χ2v) is 3.14. The average Bonchev–Trinajstić information content (AvgIpc) is 2.39. The molecule has 0 atom stereocenters. The molecule has 3 nitrogen and oxygen atoms in total. The van der Waals surface area contributed by atoms with Crippen LogP contribution < -0.4 is 4.74 Å². The number of ether oxygens (including phenoxy) is 2. The van der Waals surface area contributed by atoms with Gasteiger partial charge in [-0.2, -0.15) is 8.78 Å². The van der Waals surface area contributed by atoms with Crippen molar-refractivity contribution >= 4 is 5.97 Å². The Morgan fingerprint density at radius 1 is 1.00 bits per heavy atom. The van der Waals surface area contributed by atoms with E-state index < -0.39 is 46.6 Å². The maximum absolute atomic E-state index is 13.2. The van der Waals surface area contributed by atoms with E-state index in [1.54, 1.807) is 0 Å². The predicted octanol–water partition coefficient (Wildman–Crippen LogP) is 2.84. The topological polar surface area (TPSA) is 35.5 Å². The third-order valence-electron chi connectivity index (χ3n) is 1.90. The van der Waals surface area contributed by atoms with Crippen molar-refractivity contribution in [3.63, 3.8) is 0 Å². The number of benzene rings is 1. The molecule has 0 heterocycles. The molecular weight excluding hydrogens is 275 g/mol. The van der Waals surface area contributed by atoms with Gasteiger partial charge in [0, 0.05) is 0 Å². The van der Waals surface area contributed by atoms with E-state index in [2.05, 4.69) is 16.1 Å². The fraction of sp³-hybridized carbons (Fsp3) is 0.182. The van der Waals surface area contributed by atoms with Crippen LogP contribution in [0.4, 0.5) is 22.0 Å². The molecule has 0 amide bonds. The number of hydrogen-bond acceptors (Lipinski definition) is 3. The van der Waals surface area contributed by atoms with E-state index in [1.807, 2.05) is 0 Å². The SMILES string of the molecule is C=C(Oc1c(F)c(F)c(F)c(F)c1F)C(=O)OCC. The Balaban J connectivity index is 3.16. The minimum Gasteiger partial charge on any atom is -0.460 e. The Kier molecular flexibility index (Phi) is 4.47. The van der Waals surface area contributed by atoms with Gasteiger partial charge >= 0.3 is 5.97 Å². The maximum atomic E-state index is 13.2. The van der Waals surface area contributed by atoms with Crippen LogP contribution in [0.5, 0.6) is 5.75 Å². The Morgan fingerprint density at radius 2 is 1.42 bits per heavy atom. The molecule has 0 aliphatic heterocycles. The highest BCUT2D eigenvalue weighted by molar-refractivity contribution is 5.86. The number of carbonyl (C=O) groups excluding carboxylic acids is 1. The van der Waals surface area contributed by atoms with Crippen molar-refractivity contribution in [1.29, 1.82) is 0 Å². The smallest absolute Gasteiger partial charge is 0.373 e. The molecule has 8 heteroatoms. The van der Waals surface area contributed by atoms with Gasteiger partial charge in [-0.05, 0) is 13.5 Å². The molecule has 0 spiro atoms. The van der Waals surface area contributed by atoms with E-state index in [4.69, 9.17) is 0 Å². The Labute approximate surface area is 104 Å². The van der Waals surface area contributed by atoms with Gasteiger partial charge in [-0.15, -0.1) is 0 Å². The van der Waals surface area contributed by atoms with E-state index >= 15 is 0 Å². The summed E-state index contributed by atoms with van der Waals surface area (Å²) >= 11 is 0. The summed E-state index contributed by atoms with van der Waals surface area (Å²) in [5, 5.41) is 0. The summed E-state index contributed by atoms with van der Waals surface area (Å²) < 4.78 is 73.3. The van der Waals surface area contributed by atoms with E-state index in [0.29, 0.717) is 0 Å². The molecule has 0 bridgehead atoms. The fourth-order valence-electron chi connectivity index (χ4n) is 1.05. The van der Waals surface area contributed by atoms with Crippen LogP contribution in [0, 0.1) is 29.1 Å². The van der Waals surface area contributed by atoms with Gasteiger partial charge in [-0.3, -0.25) is 0 Å². The highest BCUT2D eigenvalue weighted by atomic mass is 19.2. The van der Waals surface area contributed by atoms with Crippen LogP contribution in [0.15, 0.2) is 12.3 Å². The summed E-state index contributed by atoms with van der Waals surface area (Å²) in [6.07, 6.45) is 0. The summed E-state index contributed by atoms with van der Waals surface area (Å²) in [4.78, 5) is 11.1. The predicted molar refractivity (Wildman–Crippen MR) is 52.6 cm³/mol. The van der Waals surface area contributed by atoms with Crippen molar-refractivity contribution in [3.8, 4) is 5.75 Å².